The predicted molar refractivity (Wildman–Crippen MR) is 78.7 cm³/mol. The highest BCUT2D eigenvalue weighted by atomic mass is 19.4. The Kier molecular flexibility index (Phi) is 5.91. The SMILES string of the molecule is O=C(CCCn1cncn1)NCC(O)c1cccc(C(F)(F)F)c1. The first kappa shape index (κ1) is 17.9. The molecular weight excluding hydrogens is 325 g/mol. The smallest absolute Gasteiger partial charge is 0.387 e. The van der Waals surface area contributed by atoms with Gasteiger partial charge >= 0.3 is 6.18 Å². The van der Waals surface area contributed by atoms with Crippen molar-refractivity contribution in [1.29, 1.82) is 0 Å². The number of aliphatic hydroxyl groups is 1. The monoisotopic (exact) mass is 342 g/mol. The van der Waals surface area contributed by atoms with E-state index in [4.69, 9.17) is 0 Å². The molecule has 0 aliphatic heterocycles. The Labute approximate surface area is 136 Å². The Morgan fingerprint density at radius 1 is 1.38 bits per heavy atom. The fraction of sp³-hybridized carbons (Fsp3) is 0.400. The molecular formula is C15H17F3N4O2. The summed E-state index contributed by atoms with van der Waals surface area (Å²) < 4.78 is 39.5. The first-order valence-corrected chi connectivity index (χ1v) is 7.30. The van der Waals surface area contributed by atoms with Crippen molar-refractivity contribution >= 4 is 5.91 Å². The second-order valence-electron chi connectivity index (χ2n) is 5.21. The Morgan fingerprint density at radius 2 is 2.17 bits per heavy atom. The number of hydrogen-bond acceptors (Lipinski definition) is 4. The molecule has 2 aromatic rings. The van der Waals surface area contributed by atoms with Gasteiger partial charge in [0, 0.05) is 19.5 Å². The highest BCUT2D eigenvalue weighted by molar-refractivity contribution is 5.75. The second kappa shape index (κ2) is 7.91. The number of alkyl halides is 3. The number of amides is 1. The third-order valence-electron chi connectivity index (χ3n) is 3.35. The van der Waals surface area contributed by atoms with E-state index >= 15 is 0 Å². The minimum absolute atomic E-state index is 0.104. The Balaban J connectivity index is 1.78. The van der Waals surface area contributed by atoms with Crippen LogP contribution >= 0.6 is 0 Å². The lowest BCUT2D eigenvalue weighted by molar-refractivity contribution is -0.137. The van der Waals surface area contributed by atoms with Crippen LogP contribution in [0.4, 0.5) is 13.2 Å². The highest BCUT2D eigenvalue weighted by Crippen LogP contribution is 2.30. The molecule has 0 saturated carbocycles. The summed E-state index contributed by atoms with van der Waals surface area (Å²) in [6.45, 7) is 0.382. The van der Waals surface area contributed by atoms with Gasteiger partial charge in [-0.15, -0.1) is 0 Å². The van der Waals surface area contributed by atoms with Crippen LogP contribution in [-0.2, 0) is 17.5 Å². The molecule has 1 amide bonds. The number of nitrogens with one attached hydrogen (secondary N) is 1. The molecule has 2 rings (SSSR count). The molecule has 1 atom stereocenters. The van der Waals surface area contributed by atoms with Gasteiger partial charge in [0.05, 0.1) is 11.7 Å². The summed E-state index contributed by atoms with van der Waals surface area (Å²) in [5, 5.41) is 16.3. The van der Waals surface area contributed by atoms with Crippen molar-refractivity contribution in [1.82, 2.24) is 20.1 Å². The molecule has 2 N–H and O–H groups in total. The first-order valence-electron chi connectivity index (χ1n) is 7.30. The van der Waals surface area contributed by atoms with Gasteiger partial charge in [-0.3, -0.25) is 9.48 Å². The average Bonchev–Trinajstić information content (AvgIpc) is 3.05. The molecule has 0 radical (unpaired) electrons. The van der Waals surface area contributed by atoms with Crippen molar-refractivity contribution in [2.75, 3.05) is 6.54 Å². The van der Waals surface area contributed by atoms with Crippen LogP contribution in [-0.4, -0.2) is 32.3 Å². The maximum absolute atomic E-state index is 12.6. The van der Waals surface area contributed by atoms with Gasteiger partial charge in [0.15, 0.2) is 0 Å². The van der Waals surface area contributed by atoms with E-state index < -0.39 is 17.8 Å². The predicted octanol–water partition coefficient (Wildman–Crippen LogP) is 1.93. The van der Waals surface area contributed by atoms with E-state index in [1.165, 1.54) is 24.8 Å². The van der Waals surface area contributed by atoms with Crippen molar-refractivity contribution in [3.8, 4) is 0 Å². The number of aryl methyl sites for hydroxylation is 1. The molecule has 130 valence electrons. The van der Waals surface area contributed by atoms with Crippen LogP contribution in [0.5, 0.6) is 0 Å². The minimum atomic E-state index is -4.47. The lowest BCUT2D eigenvalue weighted by Gasteiger charge is -2.14. The molecule has 6 nitrogen and oxygen atoms in total. The van der Waals surface area contributed by atoms with Crippen molar-refractivity contribution in [2.24, 2.45) is 0 Å². The number of carbonyl (C=O) groups is 1. The Hall–Kier alpha value is -2.42. The van der Waals surface area contributed by atoms with Crippen molar-refractivity contribution in [3.63, 3.8) is 0 Å². The van der Waals surface area contributed by atoms with Crippen LogP contribution in [0.15, 0.2) is 36.9 Å². The highest BCUT2D eigenvalue weighted by Gasteiger charge is 2.30. The molecule has 24 heavy (non-hydrogen) atoms. The lowest BCUT2D eigenvalue weighted by atomic mass is 10.1. The van der Waals surface area contributed by atoms with E-state index in [1.807, 2.05) is 0 Å². The number of hydrogen-bond donors (Lipinski definition) is 2. The summed E-state index contributed by atoms with van der Waals surface area (Å²) in [5.41, 5.74) is -0.731. The molecule has 1 heterocycles. The van der Waals surface area contributed by atoms with Gasteiger partial charge in [-0.1, -0.05) is 12.1 Å². The lowest BCUT2D eigenvalue weighted by Crippen LogP contribution is -2.28. The number of rotatable bonds is 7. The van der Waals surface area contributed by atoms with Crippen LogP contribution in [0.25, 0.3) is 0 Å². The number of aliphatic hydroxyl groups excluding tert-OH is 1. The summed E-state index contributed by atoms with van der Waals surface area (Å²) in [5.74, 6) is -0.291. The summed E-state index contributed by atoms with van der Waals surface area (Å²) in [6.07, 6.45) is -1.99. The summed E-state index contributed by atoms with van der Waals surface area (Å²) >= 11 is 0. The van der Waals surface area contributed by atoms with E-state index in [0.717, 1.165) is 12.1 Å². The van der Waals surface area contributed by atoms with Gasteiger partial charge < -0.3 is 10.4 Å². The van der Waals surface area contributed by atoms with Crippen LogP contribution in [0, 0.1) is 0 Å². The van der Waals surface area contributed by atoms with Gasteiger partial charge in [0.1, 0.15) is 12.7 Å². The topological polar surface area (TPSA) is 80.0 Å². The third-order valence-corrected chi connectivity index (χ3v) is 3.35. The molecule has 1 aromatic heterocycles. The normalized spacial score (nSPS) is 12.8. The first-order chi connectivity index (χ1) is 11.4. The van der Waals surface area contributed by atoms with Crippen molar-refractivity contribution in [2.45, 2.75) is 31.7 Å². The summed E-state index contributed by atoms with van der Waals surface area (Å²) in [6, 6.07) is 4.42. The van der Waals surface area contributed by atoms with Gasteiger partial charge in [-0.2, -0.15) is 18.3 Å². The molecule has 0 saturated heterocycles. The second-order valence-corrected chi connectivity index (χ2v) is 5.21. The van der Waals surface area contributed by atoms with Gasteiger partial charge in [0.2, 0.25) is 5.91 Å². The quantitative estimate of drug-likeness (QED) is 0.806. The number of benzene rings is 1. The van der Waals surface area contributed by atoms with Crippen LogP contribution < -0.4 is 5.32 Å². The minimum Gasteiger partial charge on any atom is -0.387 e. The van der Waals surface area contributed by atoms with Crippen LogP contribution in [0.3, 0.4) is 0 Å². The standard InChI is InChI=1S/C15H17F3N4O2/c16-15(17,18)12-4-1-3-11(7-12)13(23)8-20-14(24)5-2-6-22-10-19-9-21-22/h1,3-4,7,9-10,13,23H,2,5-6,8H2,(H,20,24). The van der Waals surface area contributed by atoms with Crippen molar-refractivity contribution in [3.05, 3.63) is 48.0 Å². The van der Waals surface area contributed by atoms with Gasteiger partial charge in [-0.05, 0) is 24.1 Å². The zero-order chi connectivity index (χ0) is 17.6. The Morgan fingerprint density at radius 3 is 2.83 bits per heavy atom. The van der Waals surface area contributed by atoms with Crippen molar-refractivity contribution < 1.29 is 23.1 Å². The molecule has 0 fully saturated rings. The average molecular weight is 342 g/mol. The van der Waals surface area contributed by atoms with Gasteiger partial charge in [-0.25, -0.2) is 4.98 Å². The molecule has 0 spiro atoms. The van der Waals surface area contributed by atoms with E-state index in [1.54, 1.807) is 4.68 Å². The van der Waals surface area contributed by atoms with E-state index in [-0.39, 0.29) is 24.4 Å². The van der Waals surface area contributed by atoms with E-state index in [0.29, 0.717) is 13.0 Å². The summed E-state index contributed by atoms with van der Waals surface area (Å²) in [4.78, 5) is 15.5. The van der Waals surface area contributed by atoms with E-state index in [2.05, 4.69) is 15.4 Å². The summed E-state index contributed by atoms with van der Waals surface area (Å²) in [7, 11) is 0. The molecule has 1 aromatic carbocycles. The molecule has 1 unspecified atom stereocenters. The number of nitrogens with zero attached hydrogens (tertiary/aromatic N) is 3. The van der Waals surface area contributed by atoms with Gasteiger partial charge in [0.25, 0.3) is 0 Å². The number of carbonyl (C=O) groups excluding carboxylic acids is 1. The number of aromatic nitrogens is 3. The number of halogens is 3. The molecule has 0 aliphatic rings. The fourth-order valence-corrected chi connectivity index (χ4v) is 2.09. The van der Waals surface area contributed by atoms with E-state index in [9.17, 15) is 23.1 Å². The fourth-order valence-electron chi connectivity index (χ4n) is 2.09. The van der Waals surface area contributed by atoms with Crippen LogP contribution in [0.1, 0.15) is 30.1 Å². The molecule has 9 heteroatoms. The molecule has 0 bridgehead atoms. The van der Waals surface area contributed by atoms with Crippen LogP contribution in [0.2, 0.25) is 0 Å². The third kappa shape index (κ3) is 5.34. The maximum Gasteiger partial charge on any atom is 0.416 e. The largest absolute Gasteiger partial charge is 0.416 e. The Bertz CT molecular complexity index is 659. The maximum atomic E-state index is 12.6. The zero-order valence-electron chi connectivity index (χ0n) is 12.7. The molecule has 0 aliphatic carbocycles. The zero-order valence-corrected chi connectivity index (χ0v) is 12.7.